The lowest BCUT2D eigenvalue weighted by atomic mass is 9.89. The van der Waals surface area contributed by atoms with Crippen LogP contribution < -0.4 is 10.1 Å². The van der Waals surface area contributed by atoms with Gasteiger partial charge in [0.05, 0.1) is 17.5 Å². The molecule has 1 fully saturated rings. The van der Waals surface area contributed by atoms with Crippen LogP contribution in [0.4, 0.5) is 5.69 Å². The zero-order chi connectivity index (χ0) is 20.2. The van der Waals surface area contributed by atoms with Gasteiger partial charge in [0.1, 0.15) is 5.75 Å². The first kappa shape index (κ1) is 19.7. The molecule has 1 saturated heterocycles. The van der Waals surface area contributed by atoms with Crippen LogP contribution in [0, 0.1) is 0 Å². The van der Waals surface area contributed by atoms with Crippen molar-refractivity contribution >= 4 is 34.3 Å². The lowest BCUT2D eigenvalue weighted by Gasteiger charge is -2.16. The van der Waals surface area contributed by atoms with E-state index in [2.05, 4.69) is 16.4 Å². The van der Waals surface area contributed by atoms with E-state index in [4.69, 9.17) is 4.74 Å². The highest BCUT2D eigenvalue weighted by molar-refractivity contribution is 8.15. The van der Waals surface area contributed by atoms with Crippen molar-refractivity contribution in [1.82, 2.24) is 5.32 Å². The first-order valence-corrected chi connectivity index (χ1v) is 10.9. The van der Waals surface area contributed by atoms with Crippen molar-refractivity contribution in [3.8, 4) is 5.75 Å². The molecule has 2 aromatic carbocycles. The minimum atomic E-state index is -0.444. The van der Waals surface area contributed by atoms with Gasteiger partial charge in [0.15, 0.2) is 11.0 Å². The molecule has 6 heteroatoms. The lowest BCUT2D eigenvalue weighted by Crippen LogP contribution is -2.26. The highest BCUT2D eigenvalue weighted by Crippen LogP contribution is 2.28. The number of ether oxygens (including phenoxy) is 1. The van der Waals surface area contributed by atoms with E-state index < -0.39 is 5.25 Å². The Morgan fingerprint density at radius 3 is 2.66 bits per heavy atom. The number of nitrogens with one attached hydrogen (secondary N) is 1. The third-order valence-electron chi connectivity index (χ3n) is 5.20. The van der Waals surface area contributed by atoms with E-state index >= 15 is 0 Å². The van der Waals surface area contributed by atoms with Crippen LogP contribution in [0.25, 0.3) is 0 Å². The van der Waals surface area contributed by atoms with Crippen molar-refractivity contribution in [2.75, 3.05) is 6.61 Å². The highest BCUT2D eigenvalue weighted by atomic mass is 32.2. The monoisotopic (exact) mass is 408 g/mol. The molecular weight excluding hydrogens is 384 g/mol. The maximum Gasteiger partial charge on any atom is 0.240 e. The first-order valence-electron chi connectivity index (χ1n) is 10.1. The Balaban J connectivity index is 1.41. The smallest absolute Gasteiger partial charge is 0.240 e. The van der Waals surface area contributed by atoms with E-state index in [0.29, 0.717) is 17.3 Å². The number of thioether (sulfide) groups is 1. The van der Waals surface area contributed by atoms with Crippen molar-refractivity contribution in [2.45, 2.75) is 44.3 Å². The molecule has 0 saturated carbocycles. The molecule has 2 aliphatic rings. The Morgan fingerprint density at radius 2 is 1.90 bits per heavy atom. The number of hydrogen-bond acceptors (Lipinski definition) is 5. The molecule has 1 unspecified atom stereocenters. The normalized spacial score (nSPS) is 19.7. The molecule has 0 aromatic heterocycles. The minimum Gasteiger partial charge on any atom is -0.494 e. The Bertz CT molecular complexity index is 953. The van der Waals surface area contributed by atoms with E-state index in [1.165, 1.54) is 35.7 Å². The summed E-state index contributed by atoms with van der Waals surface area (Å²) in [5, 5.41) is 2.88. The summed E-state index contributed by atoms with van der Waals surface area (Å²) < 4.78 is 5.42. The number of amides is 1. The number of carbonyl (C=O) groups is 2. The quantitative estimate of drug-likeness (QED) is 0.717. The molecule has 29 heavy (non-hydrogen) atoms. The Kier molecular flexibility index (Phi) is 6.00. The molecule has 1 aliphatic heterocycles. The number of nitrogens with zero attached hydrogens (tertiary/aromatic N) is 1. The summed E-state index contributed by atoms with van der Waals surface area (Å²) >= 11 is 1.32. The molecule has 0 spiro atoms. The zero-order valence-corrected chi connectivity index (χ0v) is 17.3. The number of fused-ring (bicyclic) bond motifs is 1. The summed E-state index contributed by atoms with van der Waals surface area (Å²) in [4.78, 5) is 29.6. The molecule has 1 heterocycles. The molecule has 1 aliphatic carbocycles. The summed E-state index contributed by atoms with van der Waals surface area (Å²) in [7, 11) is 0. The second-order valence-electron chi connectivity index (χ2n) is 7.26. The van der Waals surface area contributed by atoms with Crippen LogP contribution in [-0.4, -0.2) is 28.7 Å². The van der Waals surface area contributed by atoms with Gasteiger partial charge in [-0.2, -0.15) is 0 Å². The summed E-state index contributed by atoms with van der Waals surface area (Å²) in [6.45, 7) is 2.55. The van der Waals surface area contributed by atoms with Gasteiger partial charge < -0.3 is 10.1 Å². The molecule has 2 aromatic rings. The lowest BCUT2D eigenvalue weighted by molar-refractivity contribution is -0.118. The van der Waals surface area contributed by atoms with Gasteiger partial charge in [0.25, 0.3) is 0 Å². The predicted octanol–water partition coefficient (Wildman–Crippen LogP) is 4.46. The van der Waals surface area contributed by atoms with Crippen LogP contribution in [0.3, 0.4) is 0 Å². The van der Waals surface area contributed by atoms with Gasteiger partial charge in [-0.3, -0.25) is 9.59 Å². The standard InChI is InChI=1S/C23H24N2O3S/c1-2-28-19-11-9-18(10-12-19)24-23-25-22(27)21(29-23)14-20(26)17-8-7-15-5-3-4-6-16(15)13-17/h7-13,21H,2-6,14H2,1H3,(H,24,25,27). The van der Waals surface area contributed by atoms with Crippen LogP contribution in [-0.2, 0) is 17.6 Å². The van der Waals surface area contributed by atoms with Gasteiger partial charge >= 0.3 is 0 Å². The average Bonchev–Trinajstić information content (AvgIpc) is 3.08. The van der Waals surface area contributed by atoms with Crippen molar-refractivity contribution < 1.29 is 14.3 Å². The predicted molar refractivity (Wildman–Crippen MR) is 116 cm³/mol. The molecule has 1 amide bonds. The highest BCUT2D eigenvalue weighted by Gasteiger charge is 2.32. The molecule has 0 bridgehead atoms. The third kappa shape index (κ3) is 4.70. The molecule has 0 radical (unpaired) electrons. The van der Waals surface area contributed by atoms with Gasteiger partial charge in [0.2, 0.25) is 5.91 Å². The first-order chi connectivity index (χ1) is 14.1. The topological polar surface area (TPSA) is 67.8 Å². The maximum absolute atomic E-state index is 12.7. The number of ketones is 1. The van der Waals surface area contributed by atoms with Crippen molar-refractivity contribution in [3.63, 3.8) is 0 Å². The number of hydrogen-bond donors (Lipinski definition) is 1. The van der Waals surface area contributed by atoms with E-state index in [1.807, 2.05) is 43.3 Å². The fourth-order valence-electron chi connectivity index (χ4n) is 3.69. The summed E-state index contributed by atoms with van der Waals surface area (Å²) in [5.74, 6) is 0.632. The van der Waals surface area contributed by atoms with Gasteiger partial charge in [-0.25, -0.2) is 4.99 Å². The van der Waals surface area contributed by atoms with Gasteiger partial charge in [-0.05, 0) is 74.1 Å². The summed E-state index contributed by atoms with van der Waals surface area (Å²) in [5.41, 5.74) is 4.07. The van der Waals surface area contributed by atoms with Crippen molar-refractivity contribution in [2.24, 2.45) is 4.99 Å². The SMILES string of the molecule is CCOc1ccc(N=C2NC(=O)C(CC(=O)c3ccc4c(c3)CCCC4)S2)cc1. The van der Waals surface area contributed by atoms with Crippen molar-refractivity contribution in [3.05, 3.63) is 59.2 Å². The van der Waals surface area contributed by atoms with E-state index in [9.17, 15) is 9.59 Å². The molecule has 1 N–H and O–H groups in total. The number of aliphatic imine (C=N–C) groups is 1. The molecule has 1 atom stereocenters. The van der Waals surface area contributed by atoms with Gasteiger partial charge in [-0.1, -0.05) is 23.9 Å². The second kappa shape index (κ2) is 8.82. The molecular formula is C23H24N2O3S. The number of rotatable bonds is 6. The average molecular weight is 409 g/mol. The van der Waals surface area contributed by atoms with Crippen LogP contribution in [0.15, 0.2) is 47.5 Å². The number of Topliss-reactive ketones (excluding diaryl/α,β-unsaturated/α-hetero) is 1. The van der Waals surface area contributed by atoms with Gasteiger partial charge in [0, 0.05) is 12.0 Å². The molecule has 150 valence electrons. The minimum absolute atomic E-state index is 0.00772. The van der Waals surface area contributed by atoms with E-state index in [1.54, 1.807) is 0 Å². The molecule has 4 rings (SSSR count). The molecule has 5 nitrogen and oxygen atoms in total. The summed E-state index contributed by atoms with van der Waals surface area (Å²) in [6, 6.07) is 13.4. The summed E-state index contributed by atoms with van der Waals surface area (Å²) in [6.07, 6.45) is 4.70. The van der Waals surface area contributed by atoms with Crippen LogP contribution in [0.2, 0.25) is 0 Å². The van der Waals surface area contributed by atoms with E-state index in [-0.39, 0.29) is 18.1 Å². The van der Waals surface area contributed by atoms with E-state index in [0.717, 1.165) is 24.3 Å². The Hall–Kier alpha value is -2.60. The number of aryl methyl sites for hydroxylation is 2. The van der Waals surface area contributed by atoms with Crippen LogP contribution in [0.1, 0.15) is 47.7 Å². The number of benzene rings is 2. The zero-order valence-electron chi connectivity index (χ0n) is 16.4. The number of amidine groups is 1. The van der Waals surface area contributed by atoms with Crippen molar-refractivity contribution in [1.29, 1.82) is 0 Å². The van der Waals surface area contributed by atoms with Gasteiger partial charge in [-0.15, -0.1) is 0 Å². The number of carbonyl (C=O) groups excluding carboxylic acids is 2. The Morgan fingerprint density at radius 1 is 1.14 bits per heavy atom. The third-order valence-corrected chi connectivity index (χ3v) is 6.28. The Labute approximate surface area is 174 Å². The fraction of sp³-hybridized carbons (Fsp3) is 0.348. The van der Waals surface area contributed by atoms with Crippen LogP contribution in [0.5, 0.6) is 5.75 Å². The fourth-order valence-corrected chi connectivity index (χ4v) is 4.67. The second-order valence-corrected chi connectivity index (χ2v) is 8.45. The maximum atomic E-state index is 12.7. The largest absolute Gasteiger partial charge is 0.494 e. The van der Waals surface area contributed by atoms with Crippen LogP contribution >= 0.6 is 11.8 Å².